The molecule has 0 aliphatic rings. The number of carbonyl (C=O) groups is 1. The lowest BCUT2D eigenvalue weighted by atomic mass is 10.5. The molecule has 0 aliphatic heterocycles. The van der Waals surface area contributed by atoms with Gasteiger partial charge in [-0.2, -0.15) is 0 Å². The number of hydrogen-bond donors (Lipinski definition) is 1. The molecule has 0 aliphatic carbocycles. The van der Waals surface area contributed by atoms with E-state index in [2.05, 4.69) is 0 Å². The molecule has 0 aromatic rings. The van der Waals surface area contributed by atoms with Crippen LogP contribution in [0.2, 0.25) is 0 Å². The molecule has 2 N–H and O–H groups in total. The number of nitrogens with zero attached hydrogens (tertiary/aromatic N) is 1. The maximum absolute atomic E-state index is 11.3. The second-order valence-electron chi connectivity index (χ2n) is 2.86. The molecular formula is C7H16N2O2S. The van der Waals surface area contributed by atoms with Crippen molar-refractivity contribution in [1.82, 2.24) is 4.90 Å². The van der Waals surface area contributed by atoms with Crippen LogP contribution in [-0.2, 0) is 15.6 Å². The molecule has 72 valence electrons. The Hall–Kier alpha value is -0.420. The zero-order valence-electron chi connectivity index (χ0n) is 7.74. The summed E-state index contributed by atoms with van der Waals surface area (Å²) in [6, 6.07) is 0. The van der Waals surface area contributed by atoms with E-state index >= 15 is 0 Å². The zero-order chi connectivity index (χ0) is 9.72. The monoisotopic (exact) mass is 192 g/mol. The Kier molecular flexibility index (Phi) is 5.08. The van der Waals surface area contributed by atoms with Gasteiger partial charge in [0.05, 0.1) is 0 Å². The van der Waals surface area contributed by atoms with Crippen LogP contribution in [0.25, 0.3) is 0 Å². The van der Waals surface area contributed by atoms with Gasteiger partial charge in [0.1, 0.15) is 5.75 Å². The van der Waals surface area contributed by atoms with E-state index in [1.165, 1.54) is 4.90 Å². The van der Waals surface area contributed by atoms with Crippen molar-refractivity contribution in [3.8, 4) is 0 Å². The third kappa shape index (κ3) is 3.82. The molecule has 1 amide bonds. The topological polar surface area (TPSA) is 63.4 Å². The molecule has 4 nitrogen and oxygen atoms in total. The average molecular weight is 192 g/mol. The molecule has 0 aromatic carbocycles. The van der Waals surface area contributed by atoms with Gasteiger partial charge in [-0.3, -0.25) is 9.00 Å². The summed E-state index contributed by atoms with van der Waals surface area (Å²) in [7, 11) is 2.16. The van der Waals surface area contributed by atoms with E-state index in [0.717, 1.165) is 0 Å². The standard InChI is InChI=1S/C7H16N2O2S/c1-6(4-8)12(11)5-7(10)9(2)3/h6H,4-5,8H2,1-3H3. The minimum Gasteiger partial charge on any atom is -0.348 e. The third-order valence-corrected chi connectivity index (χ3v) is 3.17. The van der Waals surface area contributed by atoms with E-state index < -0.39 is 10.8 Å². The molecule has 2 unspecified atom stereocenters. The normalized spacial score (nSPS) is 15.3. The molecule has 0 spiro atoms. The molecule has 0 radical (unpaired) electrons. The zero-order valence-corrected chi connectivity index (χ0v) is 8.56. The fourth-order valence-electron chi connectivity index (χ4n) is 0.500. The van der Waals surface area contributed by atoms with Gasteiger partial charge in [0.25, 0.3) is 0 Å². The fourth-order valence-corrected chi connectivity index (χ4v) is 1.50. The molecule has 5 heteroatoms. The minimum atomic E-state index is -1.13. The molecule has 0 saturated heterocycles. The highest BCUT2D eigenvalue weighted by molar-refractivity contribution is 7.86. The predicted molar refractivity (Wildman–Crippen MR) is 50.2 cm³/mol. The van der Waals surface area contributed by atoms with Crippen LogP contribution in [0.1, 0.15) is 6.92 Å². The van der Waals surface area contributed by atoms with Crippen molar-refractivity contribution in [3.05, 3.63) is 0 Å². The van der Waals surface area contributed by atoms with Gasteiger partial charge in [0, 0.05) is 36.7 Å². The van der Waals surface area contributed by atoms with Gasteiger partial charge < -0.3 is 10.6 Å². The molecule has 0 heterocycles. The fraction of sp³-hybridized carbons (Fsp3) is 0.857. The van der Waals surface area contributed by atoms with Crippen LogP contribution >= 0.6 is 0 Å². The highest BCUT2D eigenvalue weighted by Gasteiger charge is 2.14. The summed E-state index contributed by atoms with van der Waals surface area (Å²) in [4.78, 5) is 12.5. The van der Waals surface area contributed by atoms with Gasteiger partial charge in [-0.1, -0.05) is 0 Å². The molecule has 2 atom stereocenters. The Morgan fingerprint density at radius 2 is 2.08 bits per heavy atom. The number of rotatable bonds is 4. The summed E-state index contributed by atoms with van der Waals surface area (Å²) in [5.74, 6) is -0.0422. The summed E-state index contributed by atoms with van der Waals surface area (Å²) in [5.41, 5.74) is 5.31. The minimum absolute atomic E-state index is 0.0748. The Morgan fingerprint density at radius 3 is 2.42 bits per heavy atom. The Labute approximate surface area is 75.6 Å². The highest BCUT2D eigenvalue weighted by Crippen LogP contribution is 1.95. The maximum atomic E-state index is 11.3. The summed E-state index contributed by atoms with van der Waals surface area (Å²) in [6.45, 7) is 2.13. The lowest BCUT2D eigenvalue weighted by Gasteiger charge is -2.12. The molecule has 0 aromatic heterocycles. The van der Waals surface area contributed by atoms with E-state index in [1.54, 1.807) is 21.0 Å². The van der Waals surface area contributed by atoms with Gasteiger partial charge in [0.2, 0.25) is 5.91 Å². The number of amides is 1. The van der Waals surface area contributed by atoms with E-state index in [9.17, 15) is 9.00 Å². The Bertz CT molecular complexity index is 182. The SMILES string of the molecule is CC(CN)S(=O)CC(=O)N(C)C. The van der Waals surface area contributed by atoms with E-state index in [0.29, 0.717) is 6.54 Å². The van der Waals surface area contributed by atoms with Gasteiger partial charge in [0.15, 0.2) is 0 Å². The second-order valence-corrected chi connectivity index (χ2v) is 4.71. The number of hydrogen-bond acceptors (Lipinski definition) is 3. The smallest absolute Gasteiger partial charge is 0.234 e. The molecule has 0 fully saturated rings. The first kappa shape index (κ1) is 11.6. The van der Waals surface area contributed by atoms with Crippen LogP contribution in [0.15, 0.2) is 0 Å². The Balaban J connectivity index is 3.93. The van der Waals surface area contributed by atoms with Crippen LogP contribution < -0.4 is 5.73 Å². The van der Waals surface area contributed by atoms with Gasteiger partial charge >= 0.3 is 0 Å². The molecule has 12 heavy (non-hydrogen) atoms. The second kappa shape index (κ2) is 5.27. The Morgan fingerprint density at radius 1 is 1.58 bits per heavy atom. The van der Waals surface area contributed by atoms with E-state index in [4.69, 9.17) is 5.73 Å². The van der Waals surface area contributed by atoms with Crippen molar-refractivity contribution in [2.24, 2.45) is 5.73 Å². The summed E-state index contributed by atoms with van der Waals surface area (Å²) in [5, 5.41) is -0.103. The van der Waals surface area contributed by atoms with Gasteiger partial charge in [-0.25, -0.2) is 0 Å². The van der Waals surface area contributed by atoms with Crippen LogP contribution in [0.5, 0.6) is 0 Å². The van der Waals surface area contributed by atoms with Crippen molar-refractivity contribution in [1.29, 1.82) is 0 Å². The lowest BCUT2D eigenvalue weighted by molar-refractivity contribution is -0.125. The van der Waals surface area contributed by atoms with Crippen LogP contribution in [0, 0.1) is 0 Å². The maximum Gasteiger partial charge on any atom is 0.234 e. The van der Waals surface area contributed by atoms with Crippen molar-refractivity contribution < 1.29 is 9.00 Å². The number of nitrogens with two attached hydrogens (primary N) is 1. The van der Waals surface area contributed by atoms with Crippen LogP contribution in [0.4, 0.5) is 0 Å². The predicted octanol–water partition coefficient (Wildman–Crippen LogP) is -0.829. The molecule has 0 saturated carbocycles. The van der Waals surface area contributed by atoms with Crippen molar-refractivity contribution in [2.75, 3.05) is 26.4 Å². The van der Waals surface area contributed by atoms with Gasteiger partial charge in [-0.05, 0) is 6.92 Å². The van der Waals surface area contributed by atoms with Crippen LogP contribution in [-0.4, -0.2) is 46.7 Å². The summed E-state index contributed by atoms with van der Waals surface area (Å²) in [6.07, 6.45) is 0. The first-order chi connectivity index (χ1) is 5.49. The first-order valence-corrected chi connectivity index (χ1v) is 5.14. The van der Waals surface area contributed by atoms with Crippen LogP contribution in [0.3, 0.4) is 0 Å². The van der Waals surface area contributed by atoms with E-state index in [-0.39, 0.29) is 16.9 Å². The first-order valence-electron chi connectivity index (χ1n) is 3.76. The average Bonchev–Trinajstić information content (AvgIpc) is 2.02. The quantitative estimate of drug-likeness (QED) is 0.632. The lowest BCUT2D eigenvalue weighted by Crippen LogP contribution is -2.32. The van der Waals surface area contributed by atoms with Crippen molar-refractivity contribution in [2.45, 2.75) is 12.2 Å². The largest absolute Gasteiger partial charge is 0.348 e. The number of carbonyl (C=O) groups excluding carboxylic acids is 1. The molecule has 0 bridgehead atoms. The summed E-state index contributed by atoms with van der Waals surface area (Å²) < 4.78 is 11.3. The highest BCUT2D eigenvalue weighted by atomic mass is 32.2. The van der Waals surface area contributed by atoms with Crippen molar-refractivity contribution >= 4 is 16.7 Å². The van der Waals surface area contributed by atoms with Gasteiger partial charge in [-0.15, -0.1) is 0 Å². The third-order valence-electron chi connectivity index (χ3n) is 1.55. The molecular weight excluding hydrogens is 176 g/mol. The molecule has 0 rings (SSSR count). The van der Waals surface area contributed by atoms with E-state index in [1.807, 2.05) is 0 Å². The van der Waals surface area contributed by atoms with Crippen molar-refractivity contribution in [3.63, 3.8) is 0 Å². The summed E-state index contributed by atoms with van der Waals surface area (Å²) >= 11 is 0.